The molecule has 0 amide bonds. The van der Waals surface area contributed by atoms with E-state index in [1.165, 1.54) is 37.9 Å². The third-order valence-corrected chi connectivity index (χ3v) is 5.54. The van der Waals surface area contributed by atoms with Gasteiger partial charge in [-0.1, -0.05) is 72.3 Å². The lowest BCUT2D eigenvalue weighted by atomic mass is 9.96. The lowest BCUT2D eigenvalue weighted by Gasteiger charge is -2.08. The van der Waals surface area contributed by atoms with Gasteiger partial charge in [0.05, 0.1) is 26.9 Å². The van der Waals surface area contributed by atoms with Crippen LogP contribution in [-0.4, -0.2) is 19.9 Å². The quantitative estimate of drug-likeness (QED) is 0.177. The van der Waals surface area contributed by atoms with E-state index in [0.29, 0.717) is 12.1 Å². The number of hydrogen-bond donors (Lipinski definition) is 1. The van der Waals surface area contributed by atoms with Crippen LogP contribution in [-0.2, 0) is 0 Å². The molecule has 0 aliphatic heterocycles. The lowest BCUT2D eigenvalue weighted by Crippen LogP contribution is -1.97. The number of nitro groups is 3. The van der Waals surface area contributed by atoms with E-state index in [0.717, 1.165) is 0 Å². The van der Waals surface area contributed by atoms with Crippen molar-refractivity contribution in [2.75, 3.05) is 0 Å². The maximum Gasteiger partial charge on any atom is 0.324 e. The summed E-state index contributed by atoms with van der Waals surface area (Å²) in [5.41, 5.74) is -1.69. The van der Waals surface area contributed by atoms with Crippen molar-refractivity contribution >= 4 is 49.4 Å². The molecule has 0 fully saturated rings. The van der Waals surface area contributed by atoms with Gasteiger partial charge < -0.3 is 5.11 Å². The third kappa shape index (κ3) is 4.40. The molecule has 35 heavy (non-hydrogen) atoms. The molecule has 0 spiro atoms. The summed E-state index contributed by atoms with van der Waals surface area (Å²) in [6, 6.07) is 25.1. The first kappa shape index (κ1) is 23.1. The number of fused-ring (bicyclic) bond motifs is 5. The van der Waals surface area contributed by atoms with Crippen molar-refractivity contribution in [2.45, 2.75) is 6.92 Å². The smallest absolute Gasteiger partial charge is 0.324 e. The van der Waals surface area contributed by atoms with Crippen LogP contribution in [0.15, 0.2) is 78.9 Å². The van der Waals surface area contributed by atoms with Crippen LogP contribution in [0.25, 0.3) is 32.3 Å². The Morgan fingerprint density at radius 3 is 1.77 bits per heavy atom. The molecule has 5 rings (SSSR count). The fraction of sp³-hybridized carbons (Fsp3) is 0.0400. The highest BCUT2D eigenvalue weighted by molar-refractivity contribution is 6.20. The van der Waals surface area contributed by atoms with E-state index in [2.05, 4.69) is 73.7 Å². The number of rotatable bonds is 3. The zero-order valence-electron chi connectivity index (χ0n) is 18.2. The topological polar surface area (TPSA) is 150 Å². The SMILES string of the molecule is Cc1ccc2c(ccc3ccc4ccccc4c32)c1.O=[N+]([O-])c1cc([N+](=O)[O-])c(O)c([N+](=O)[O-])c1. The van der Waals surface area contributed by atoms with Crippen molar-refractivity contribution in [3.8, 4) is 5.75 Å². The van der Waals surface area contributed by atoms with Gasteiger partial charge in [0, 0.05) is 0 Å². The second-order valence-electron chi connectivity index (χ2n) is 7.78. The number of aryl methyl sites for hydroxylation is 1. The van der Waals surface area contributed by atoms with E-state index in [9.17, 15) is 30.3 Å². The highest BCUT2D eigenvalue weighted by Gasteiger charge is 2.30. The Bertz CT molecular complexity index is 1630. The van der Waals surface area contributed by atoms with Gasteiger partial charge in [-0.05, 0) is 39.2 Å². The summed E-state index contributed by atoms with van der Waals surface area (Å²) >= 11 is 0. The van der Waals surface area contributed by atoms with E-state index in [1.807, 2.05) is 0 Å². The van der Waals surface area contributed by atoms with Gasteiger partial charge in [0.15, 0.2) is 0 Å². The molecule has 0 aromatic heterocycles. The summed E-state index contributed by atoms with van der Waals surface area (Å²) in [7, 11) is 0. The van der Waals surface area contributed by atoms with Crippen molar-refractivity contribution in [1.29, 1.82) is 0 Å². The number of phenols is 1. The maximum atomic E-state index is 10.4. The Balaban J connectivity index is 0.000000168. The molecule has 0 atom stereocenters. The minimum Gasteiger partial charge on any atom is -0.497 e. The summed E-state index contributed by atoms with van der Waals surface area (Å²) in [5, 5.41) is 48.2. The van der Waals surface area contributed by atoms with Gasteiger partial charge >= 0.3 is 11.4 Å². The average Bonchev–Trinajstić information content (AvgIpc) is 2.83. The standard InChI is InChI=1S/C19H14.C6H3N3O7/c1-13-6-11-18-16(12-13)10-9-15-8-7-14-4-2-3-5-17(14)19(15)18;10-6-4(8(13)14)1-3(7(11)12)2-5(6)9(15)16/h2-12H,1H3;1-2,10H. The molecule has 0 saturated carbocycles. The summed E-state index contributed by atoms with van der Waals surface area (Å²) in [5.74, 6) is -1.21. The van der Waals surface area contributed by atoms with Crippen LogP contribution in [0, 0.1) is 37.3 Å². The highest BCUT2D eigenvalue weighted by atomic mass is 16.6. The lowest BCUT2D eigenvalue weighted by molar-refractivity contribution is -0.404. The fourth-order valence-electron chi connectivity index (χ4n) is 3.93. The number of non-ortho nitro benzene ring substituents is 1. The zero-order chi connectivity index (χ0) is 25.3. The van der Waals surface area contributed by atoms with Gasteiger partial charge in [-0.15, -0.1) is 0 Å². The predicted octanol–water partition coefficient (Wildman–Crippen LogP) is 6.57. The van der Waals surface area contributed by atoms with E-state index in [1.54, 1.807) is 0 Å². The van der Waals surface area contributed by atoms with Crippen LogP contribution in [0.2, 0.25) is 0 Å². The van der Waals surface area contributed by atoms with Crippen molar-refractivity contribution in [3.05, 3.63) is 115 Å². The van der Waals surface area contributed by atoms with Gasteiger partial charge in [0.25, 0.3) is 11.4 Å². The molecule has 10 heteroatoms. The molecule has 0 bridgehead atoms. The minimum atomic E-state index is -1.21. The number of hydrogen-bond acceptors (Lipinski definition) is 7. The monoisotopic (exact) mass is 471 g/mol. The molecule has 0 heterocycles. The van der Waals surface area contributed by atoms with Gasteiger partial charge in [0.1, 0.15) is 0 Å². The fourth-order valence-corrected chi connectivity index (χ4v) is 3.93. The maximum absolute atomic E-state index is 10.4. The second-order valence-corrected chi connectivity index (χ2v) is 7.78. The summed E-state index contributed by atoms with van der Waals surface area (Å²) < 4.78 is 0. The first-order valence-electron chi connectivity index (χ1n) is 10.3. The van der Waals surface area contributed by atoms with Gasteiger partial charge in [0.2, 0.25) is 0 Å². The van der Waals surface area contributed by atoms with Crippen LogP contribution < -0.4 is 0 Å². The van der Waals surface area contributed by atoms with Crippen LogP contribution in [0.1, 0.15) is 5.56 Å². The van der Waals surface area contributed by atoms with Crippen LogP contribution in [0.3, 0.4) is 0 Å². The van der Waals surface area contributed by atoms with E-state index in [-0.39, 0.29) is 0 Å². The number of aromatic hydroxyl groups is 1. The number of phenolic OH excluding ortho intramolecular Hbond substituents is 1. The first-order chi connectivity index (χ1) is 16.7. The van der Waals surface area contributed by atoms with E-state index < -0.39 is 37.6 Å². The number of nitro benzene ring substituents is 3. The van der Waals surface area contributed by atoms with E-state index in [4.69, 9.17) is 5.11 Å². The molecular weight excluding hydrogens is 454 g/mol. The number of nitrogens with zero attached hydrogens (tertiary/aromatic N) is 3. The van der Waals surface area contributed by atoms with Gasteiger partial charge in [-0.2, -0.15) is 0 Å². The zero-order valence-corrected chi connectivity index (χ0v) is 18.2. The number of benzene rings is 5. The summed E-state index contributed by atoms with van der Waals surface area (Å²) in [6.07, 6.45) is 0. The van der Waals surface area contributed by atoms with Crippen molar-refractivity contribution in [2.24, 2.45) is 0 Å². The van der Waals surface area contributed by atoms with Crippen LogP contribution >= 0.6 is 0 Å². The molecule has 0 aliphatic rings. The molecule has 0 radical (unpaired) electrons. The van der Waals surface area contributed by atoms with E-state index >= 15 is 0 Å². The Kier molecular flexibility index (Phi) is 5.94. The highest BCUT2D eigenvalue weighted by Crippen LogP contribution is 2.39. The van der Waals surface area contributed by atoms with Crippen molar-refractivity contribution < 1.29 is 19.9 Å². The van der Waals surface area contributed by atoms with Gasteiger partial charge in [-0.25, -0.2) is 0 Å². The molecule has 0 unspecified atom stereocenters. The van der Waals surface area contributed by atoms with Crippen LogP contribution in [0.4, 0.5) is 17.1 Å². The van der Waals surface area contributed by atoms with Gasteiger partial charge in [-0.3, -0.25) is 30.3 Å². The molecule has 0 saturated heterocycles. The molecule has 5 aromatic rings. The third-order valence-electron chi connectivity index (χ3n) is 5.54. The van der Waals surface area contributed by atoms with Crippen LogP contribution in [0.5, 0.6) is 5.75 Å². The molecule has 1 N–H and O–H groups in total. The molecule has 10 nitrogen and oxygen atoms in total. The Hall–Kier alpha value is -5.12. The molecule has 174 valence electrons. The normalized spacial score (nSPS) is 10.7. The van der Waals surface area contributed by atoms with Crippen molar-refractivity contribution in [1.82, 2.24) is 0 Å². The largest absolute Gasteiger partial charge is 0.497 e. The Morgan fingerprint density at radius 2 is 1.17 bits per heavy atom. The second kappa shape index (κ2) is 9.02. The first-order valence-corrected chi connectivity index (χ1v) is 10.3. The summed E-state index contributed by atoms with van der Waals surface area (Å²) in [6.45, 7) is 2.15. The molecule has 0 aliphatic carbocycles. The summed E-state index contributed by atoms with van der Waals surface area (Å²) in [4.78, 5) is 27.8. The Morgan fingerprint density at radius 1 is 0.629 bits per heavy atom. The molecule has 5 aromatic carbocycles. The predicted molar refractivity (Wildman–Crippen MR) is 132 cm³/mol. The average molecular weight is 471 g/mol. The minimum absolute atomic E-state index is 0.447. The Labute approximate surface area is 197 Å². The van der Waals surface area contributed by atoms with Crippen molar-refractivity contribution in [3.63, 3.8) is 0 Å². The molecular formula is C25H17N3O7.